The van der Waals surface area contributed by atoms with E-state index in [0.717, 1.165) is 58.1 Å². The zero-order chi connectivity index (χ0) is 19.8. The van der Waals surface area contributed by atoms with Gasteiger partial charge in [0.2, 0.25) is 0 Å². The molecule has 2 aliphatic heterocycles. The molecule has 0 amide bonds. The molecule has 152 valence electrons. The minimum atomic E-state index is 0.932. The minimum absolute atomic E-state index is 0.932. The van der Waals surface area contributed by atoms with Crippen molar-refractivity contribution in [3.63, 3.8) is 0 Å². The molecule has 2 aromatic carbocycles. The molecule has 0 atom stereocenters. The first-order chi connectivity index (χ1) is 13.7. The molecule has 2 aromatic rings. The second-order valence-corrected chi connectivity index (χ2v) is 7.39. The summed E-state index contributed by atoms with van der Waals surface area (Å²) in [5, 5.41) is 6.72. The van der Waals surface area contributed by atoms with E-state index in [2.05, 4.69) is 64.6 Å². The third-order valence-electron chi connectivity index (χ3n) is 5.57. The quantitative estimate of drug-likeness (QED) is 0.854. The summed E-state index contributed by atoms with van der Waals surface area (Å²) in [4.78, 5) is 4.85. The van der Waals surface area contributed by atoms with Gasteiger partial charge in [-0.3, -0.25) is 0 Å². The van der Waals surface area contributed by atoms with Gasteiger partial charge < -0.3 is 25.2 Å². The highest BCUT2D eigenvalue weighted by Gasteiger charge is 2.12. The van der Waals surface area contributed by atoms with Gasteiger partial charge in [0.15, 0.2) is 0 Å². The van der Waals surface area contributed by atoms with Crippen LogP contribution in [0.4, 0.5) is 11.4 Å². The molecular formula is C23H34N4O. The Morgan fingerprint density at radius 1 is 0.786 bits per heavy atom. The third-order valence-corrected chi connectivity index (χ3v) is 5.57. The summed E-state index contributed by atoms with van der Waals surface area (Å²) in [6, 6.07) is 14.8. The maximum Gasteiger partial charge on any atom is 0.120 e. The molecule has 2 aliphatic rings. The van der Waals surface area contributed by atoms with Crippen molar-refractivity contribution in [1.82, 2.24) is 10.6 Å². The van der Waals surface area contributed by atoms with E-state index in [1.807, 2.05) is 12.1 Å². The number of ether oxygens (including phenoxy) is 1. The molecule has 0 aromatic heterocycles. The predicted molar refractivity (Wildman–Crippen MR) is 119 cm³/mol. The number of hydrogen-bond acceptors (Lipinski definition) is 5. The normalized spacial score (nSPS) is 17.0. The standard InChI is InChI=1S/C12H18N2.C11H16N2O/c1-10-4-3-5-12(11(10)2)14-8-6-13-7-9-14;1-14-11-4-2-3-10(9-11)13-7-5-12-6-8-13/h3-5,13H,6-9H2,1-2H3;2-4,9,12H,5-8H2,1H3. The fourth-order valence-electron chi connectivity index (χ4n) is 3.71. The molecule has 0 radical (unpaired) electrons. The Labute approximate surface area is 169 Å². The van der Waals surface area contributed by atoms with Gasteiger partial charge >= 0.3 is 0 Å². The Morgan fingerprint density at radius 3 is 2.04 bits per heavy atom. The van der Waals surface area contributed by atoms with E-state index in [9.17, 15) is 0 Å². The fraction of sp³-hybridized carbons (Fsp3) is 0.478. The van der Waals surface area contributed by atoms with Crippen molar-refractivity contribution >= 4 is 11.4 Å². The first-order valence-electron chi connectivity index (χ1n) is 10.3. The van der Waals surface area contributed by atoms with E-state index < -0.39 is 0 Å². The lowest BCUT2D eigenvalue weighted by atomic mass is 10.1. The Bertz CT molecular complexity index is 737. The molecule has 28 heavy (non-hydrogen) atoms. The molecule has 0 aliphatic carbocycles. The number of anilines is 2. The molecule has 5 nitrogen and oxygen atoms in total. The number of rotatable bonds is 3. The monoisotopic (exact) mass is 382 g/mol. The summed E-state index contributed by atoms with van der Waals surface area (Å²) >= 11 is 0. The van der Waals surface area contributed by atoms with E-state index in [0.29, 0.717) is 0 Å². The summed E-state index contributed by atoms with van der Waals surface area (Å²) in [7, 11) is 1.71. The van der Waals surface area contributed by atoms with Gasteiger partial charge in [0, 0.05) is 69.8 Å². The van der Waals surface area contributed by atoms with Crippen LogP contribution in [0.5, 0.6) is 5.75 Å². The molecule has 0 unspecified atom stereocenters. The Morgan fingerprint density at radius 2 is 1.39 bits per heavy atom. The van der Waals surface area contributed by atoms with E-state index in [1.165, 1.54) is 22.5 Å². The molecule has 2 fully saturated rings. The lowest BCUT2D eigenvalue weighted by Gasteiger charge is -2.31. The SMILES string of the molecule is COc1cccc(N2CCNCC2)c1.Cc1cccc(N2CCNCC2)c1C. The molecular weight excluding hydrogens is 348 g/mol. The molecule has 4 rings (SSSR count). The highest BCUT2D eigenvalue weighted by molar-refractivity contribution is 5.56. The number of aryl methyl sites for hydroxylation is 1. The van der Waals surface area contributed by atoms with Crippen molar-refractivity contribution in [2.45, 2.75) is 13.8 Å². The largest absolute Gasteiger partial charge is 0.497 e. The summed E-state index contributed by atoms with van der Waals surface area (Å²) in [5.74, 6) is 0.932. The average molecular weight is 383 g/mol. The summed E-state index contributed by atoms with van der Waals surface area (Å²) in [6.07, 6.45) is 0. The highest BCUT2D eigenvalue weighted by Crippen LogP contribution is 2.23. The van der Waals surface area contributed by atoms with Crippen LogP contribution in [0, 0.1) is 13.8 Å². The number of hydrogen-bond donors (Lipinski definition) is 2. The van der Waals surface area contributed by atoms with Crippen LogP contribution < -0.4 is 25.2 Å². The van der Waals surface area contributed by atoms with E-state index in [-0.39, 0.29) is 0 Å². The molecule has 0 bridgehead atoms. The number of benzene rings is 2. The highest BCUT2D eigenvalue weighted by atomic mass is 16.5. The van der Waals surface area contributed by atoms with Gasteiger partial charge in [0.05, 0.1) is 7.11 Å². The number of piperazine rings is 2. The number of methoxy groups -OCH3 is 1. The van der Waals surface area contributed by atoms with Crippen LogP contribution in [0.3, 0.4) is 0 Å². The van der Waals surface area contributed by atoms with Crippen LogP contribution in [0.2, 0.25) is 0 Å². The molecule has 5 heteroatoms. The molecule has 2 saturated heterocycles. The Hall–Kier alpha value is -2.24. The first-order valence-corrected chi connectivity index (χ1v) is 10.3. The topological polar surface area (TPSA) is 39.8 Å². The van der Waals surface area contributed by atoms with E-state index in [1.54, 1.807) is 7.11 Å². The van der Waals surface area contributed by atoms with Gasteiger partial charge in [-0.25, -0.2) is 0 Å². The van der Waals surface area contributed by atoms with Crippen LogP contribution in [-0.2, 0) is 0 Å². The van der Waals surface area contributed by atoms with Gasteiger partial charge in [0.25, 0.3) is 0 Å². The van der Waals surface area contributed by atoms with Crippen molar-refractivity contribution in [2.75, 3.05) is 69.3 Å². The number of nitrogens with zero attached hydrogens (tertiary/aromatic N) is 2. The molecule has 2 heterocycles. The molecule has 2 N–H and O–H groups in total. The zero-order valence-corrected chi connectivity index (χ0v) is 17.5. The first kappa shape index (κ1) is 20.5. The maximum absolute atomic E-state index is 5.20. The van der Waals surface area contributed by atoms with Gasteiger partial charge in [-0.1, -0.05) is 18.2 Å². The van der Waals surface area contributed by atoms with Gasteiger partial charge in [-0.2, -0.15) is 0 Å². The van der Waals surface area contributed by atoms with Crippen molar-refractivity contribution < 1.29 is 4.74 Å². The number of nitrogens with one attached hydrogen (secondary N) is 2. The lowest BCUT2D eigenvalue weighted by molar-refractivity contribution is 0.414. The summed E-state index contributed by atoms with van der Waals surface area (Å²) < 4.78 is 5.20. The second kappa shape index (κ2) is 10.3. The van der Waals surface area contributed by atoms with Crippen molar-refractivity contribution in [2.24, 2.45) is 0 Å². The maximum atomic E-state index is 5.20. The smallest absolute Gasteiger partial charge is 0.120 e. The Kier molecular flexibility index (Phi) is 7.57. The zero-order valence-electron chi connectivity index (χ0n) is 17.5. The average Bonchev–Trinajstić information content (AvgIpc) is 2.77. The Balaban J connectivity index is 0.000000161. The molecule has 0 saturated carbocycles. The van der Waals surface area contributed by atoms with Crippen molar-refractivity contribution in [1.29, 1.82) is 0 Å². The van der Waals surface area contributed by atoms with Crippen molar-refractivity contribution in [3.05, 3.63) is 53.6 Å². The van der Waals surface area contributed by atoms with Crippen LogP contribution >= 0.6 is 0 Å². The predicted octanol–water partition coefficient (Wildman–Crippen LogP) is 2.82. The molecule has 0 spiro atoms. The van der Waals surface area contributed by atoms with Gasteiger partial charge in [0.1, 0.15) is 5.75 Å². The van der Waals surface area contributed by atoms with Crippen LogP contribution in [0.1, 0.15) is 11.1 Å². The van der Waals surface area contributed by atoms with Gasteiger partial charge in [-0.15, -0.1) is 0 Å². The summed E-state index contributed by atoms with van der Waals surface area (Å²) in [6.45, 7) is 13.2. The minimum Gasteiger partial charge on any atom is -0.497 e. The van der Waals surface area contributed by atoms with Crippen molar-refractivity contribution in [3.8, 4) is 5.75 Å². The summed E-state index contributed by atoms with van der Waals surface area (Å²) in [5.41, 5.74) is 5.48. The van der Waals surface area contributed by atoms with E-state index in [4.69, 9.17) is 4.74 Å². The van der Waals surface area contributed by atoms with Crippen LogP contribution in [-0.4, -0.2) is 59.5 Å². The fourth-order valence-corrected chi connectivity index (χ4v) is 3.71. The van der Waals surface area contributed by atoms with E-state index >= 15 is 0 Å². The van der Waals surface area contributed by atoms with Crippen LogP contribution in [0.25, 0.3) is 0 Å². The second-order valence-electron chi connectivity index (χ2n) is 7.39. The van der Waals surface area contributed by atoms with Gasteiger partial charge in [-0.05, 0) is 43.2 Å². The third kappa shape index (κ3) is 5.40. The van der Waals surface area contributed by atoms with Crippen LogP contribution in [0.15, 0.2) is 42.5 Å². The lowest BCUT2D eigenvalue weighted by Crippen LogP contribution is -2.43.